The second-order valence-electron chi connectivity index (χ2n) is 7.67. The highest BCUT2D eigenvalue weighted by molar-refractivity contribution is 7.18. The molecule has 0 atom stereocenters. The van der Waals surface area contributed by atoms with E-state index in [1.807, 2.05) is 30.3 Å². The molecular formula is C24H23ClN4S. The van der Waals surface area contributed by atoms with Gasteiger partial charge in [-0.05, 0) is 24.6 Å². The molecule has 4 nitrogen and oxygen atoms in total. The highest BCUT2D eigenvalue weighted by Crippen LogP contribution is 2.33. The highest BCUT2D eigenvalue weighted by Gasteiger charge is 2.22. The average molecular weight is 435 g/mol. The fourth-order valence-electron chi connectivity index (χ4n) is 3.97. The van der Waals surface area contributed by atoms with E-state index in [1.54, 1.807) is 11.3 Å². The number of benzene rings is 2. The lowest BCUT2D eigenvalue weighted by atomic mass is 10.2. The van der Waals surface area contributed by atoms with E-state index in [4.69, 9.17) is 21.6 Å². The Hall–Kier alpha value is -2.47. The van der Waals surface area contributed by atoms with Crippen LogP contribution in [0.25, 0.3) is 21.6 Å². The van der Waals surface area contributed by atoms with Crippen LogP contribution in [0.4, 0.5) is 5.82 Å². The maximum absolute atomic E-state index is 6.36. The molecule has 1 aliphatic rings. The van der Waals surface area contributed by atoms with E-state index in [0.29, 0.717) is 0 Å². The van der Waals surface area contributed by atoms with Crippen LogP contribution >= 0.6 is 22.9 Å². The number of hydrogen-bond acceptors (Lipinski definition) is 5. The largest absolute Gasteiger partial charge is 0.353 e. The summed E-state index contributed by atoms with van der Waals surface area (Å²) in [4.78, 5) is 17.1. The fraction of sp³-hybridized carbons (Fsp3) is 0.250. The fourth-order valence-corrected chi connectivity index (χ4v) is 5.04. The maximum atomic E-state index is 6.36. The second-order valence-corrected chi connectivity index (χ2v) is 9.31. The van der Waals surface area contributed by atoms with Crippen LogP contribution in [0.2, 0.25) is 5.02 Å². The zero-order valence-corrected chi connectivity index (χ0v) is 18.5. The Balaban J connectivity index is 1.40. The van der Waals surface area contributed by atoms with Crippen molar-refractivity contribution in [2.45, 2.75) is 13.5 Å². The molecule has 0 spiro atoms. The monoisotopic (exact) mass is 434 g/mol. The van der Waals surface area contributed by atoms with E-state index in [0.717, 1.165) is 65.2 Å². The number of fused-ring (bicyclic) bond motifs is 1. The van der Waals surface area contributed by atoms with Gasteiger partial charge in [-0.1, -0.05) is 60.1 Å². The van der Waals surface area contributed by atoms with Gasteiger partial charge in [0.05, 0.1) is 5.39 Å². The van der Waals surface area contributed by atoms with E-state index < -0.39 is 0 Å². The first-order chi connectivity index (χ1) is 14.7. The van der Waals surface area contributed by atoms with Gasteiger partial charge in [0.1, 0.15) is 10.6 Å². The molecule has 0 saturated carbocycles. The van der Waals surface area contributed by atoms with Crippen LogP contribution in [0.5, 0.6) is 0 Å². The molecule has 0 amide bonds. The van der Waals surface area contributed by atoms with Gasteiger partial charge in [-0.15, -0.1) is 11.3 Å². The minimum absolute atomic E-state index is 0.804. The Bertz CT molecular complexity index is 1170. The van der Waals surface area contributed by atoms with Crippen molar-refractivity contribution < 1.29 is 0 Å². The van der Waals surface area contributed by atoms with Gasteiger partial charge in [0.25, 0.3) is 0 Å². The normalized spacial score (nSPS) is 15.1. The molecule has 4 aromatic rings. The summed E-state index contributed by atoms with van der Waals surface area (Å²) >= 11 is 8.10. The molecule has 0 aliphatic carbocycles. The first-order valence-corrected chi connectivity index (χ1v) is 11.4. The average Bonchev–Trinajstić information content (AvgIpc) is 3.16. The van der Waals surface area contributed by atoms with Crippen LogP contribution in [-0.4, -0.2) is 41.0 Å². The van der Waals surface area contributed by atoms with Gasteiger partial charge in [0, 0.05) is 48.2 Å². The molecule has 152 valence electrons. The number of aromatic nitrogens is 2. The van der Waals surface area contributed by atoms with Crippen LogP contribution in [0.3, 0.4) is 0 Å². The molecule has 0 bridgehead atoms. The van der Waals surface area contributed by atoms with Gasteiger partial charge in [-0.3, -0.25) is 4.90 Å². The van der Waals surface area contributed by atoms with Crippen LogP contribution in [0.15, 0.2) is 60.7 Å². The molecule has 1 fully saturated rings. The van der Waals surface area contributed by atoms with Crippen molar-refractivity contribution >= 4 is 39.0 Å². The molecule has 5 rings (SSSR count). The summed E-state index contributed by atoms with van der Waals surface area (Å²) in [5.74, 6) is 1.86. The van der Waals surface area contributed by atoms with Crippen molar-refractivity contribution in [2.24, 2.45) is 0 Å². The van der Waals surface area contributed by atoms with Crippen LogP contribution < -0.4 is 4.90 Å². The lowest BCUT2D eigenvalue weighted by Crippen LogP contribution is -2.46. The van der Waals surface area contributed by atoms with Gasteiger partial charge < -0.3 is 4.90 Å². The third-order valence-corrected chi connectivity index (χ3v) is 6.86. The van der Waals surface area contributed by atoms with Gasteiger partial charge >= 0.3 is 0 Å². The Kier molecular flexibility index (Phi) is 5.42. The van der Waals surface area contributed by atoms with Crippen LogP contribution in [0.1, 0.15) is 10.4 Å². The molecule has 0 N–H and O–H groups in total. The maximum Gasteiger partial charge on any atom is 0.163 e. The van der Waals surface area contributed by atoms with Crippen molar-refractivity contribution in [3.05, 3.63) is 76.1 Å². The standard InChI is InChI=1S/C24H23ClN4S/c1-17-15-20-23(26-22(27-24(20)30-17)18-7-3-2-4-8-18)29-13-11-28(12-14-29)16-19-9-5-6-10-21(19)25/h2-10,15H,11-14,16H2,1H3. The summed E-state index contributed by atoms with van der Waals surface area (Å²) in [5, 5.41) is 2.01. The number of halogens is 1. The summed E-state index contributed by atoms with van der Waals surface area (Å²) in [7, 11) is 0. The third-order valence-electron chi connectivity index (χ3n) is 5.55. The van der Waals surface area contributed by atoms with Gasteiger partial charge in [-0.25, -0.2) is 9.97 Å². The molecule has 2 aromatic carbocycles. The van der Waals surface area contributed by atoms with Crippen molar-refractivity contribution in [1.82, 2.24) is 14.9 Å². The number of anilines is 1. The van der Waals surface area contributed by atoms with E-state index in [1.165, 1.54) is 10.4 Å². The minimum atomic E-state index is 0.804. The summed E-state index contributed by atoms with van der Waals surface area (Å²) in [6, 6.07) is 20.6. The molecular weight excluding hydrogens is 412 g/mol. The summed E-state index contributed by atoms with van der Waals surface area (Å²) < 4.78 is 0. The highest BCUT2D eigenvalue weighted by atomic mass is 35.5. The number of rotatable bonds is 4. The number of thiophene rings is 1. The Morgan fingerprint density at radius 2 is 1.67 bits per heavy atom. The Morgan fingerprint density at radius 3 is 2.43 bits per heavy atom. The van der Waals surface area contributed by atoms with E-state index >= 15 is 0 Å². The Labute approximate surface area is 185 Å². The zero-order valence-electron chi connectivity index (χ0n) is 16.9. The molecule has 6 heteroatoms. The van der Waals surface area contributed by atoms with Crippen molar-refractivity contribution in [2.75, 3.05) is 31.1 Å². The van der Waals surface area contributed by atoms with Crippen molar-refractivity contribution in [3.8, 4) is 11.4 Å². The molecule has 0 unspecified atom stereocenters. The molecule has 1 saturated heterocycles. The lowest BCUT2D eigenvalue weighted by molar-refractivity contribution is 0.249. The third kappa shape index (κ3) is 3.93. The lowest BCUT2D eigenvalue weighted by Gasteiger charge is -2.36. The van der Waals surface area contributed by atoms with E-state index in [-0.39, 0.29) is 0 Å². The van der Waals surface area contributed by atoms with E-state index in [9.17, 15) is 0 Å². The summed E-state index contributed by atoms with van der Waals surface area (Å²) in [6.07, 6.45) is 0. The van der Waals surface area contributed by atoms with Crippen LogP contribution in [0, 0.1) is 6.92 Å². The summed E-state index contributed by atoms with van der Waals surface area (Å²) in [6.45, 7) is 6.89. The van der Waals surface area contributed by atoms with E-state index in [2.05, 4.69) is 47.1 Å². The van der Waals surface area contributed by atoms with Gasteiger partial charge in [-0.2, -0.15) is 0 Å². The SMILES string of the molecule is Cc1cc2c(N3CCN(Cc4ccccc4Cl)CC3)nc(-c3ccccc3)nc2s1. The summed E-state index contributed by atoms with van der Waals surface area (Å²) in [5.41, 5.74) is 2.25. The van der Waals surface area contributed by atoms with Gasteiger partial charge in [0.2, 0.25) is 0 Å². The predicted octanol–water partition coefficient (Wildman–Crippen LogP) is 5.64. The molecule has 2 aromatic heterocycles. The second kappa shape index (κ2) is 8.34. The smallest absolute Gasteiger partial charge is 0.163 e. The molecule has 0 radical (unpaired) electrons. The number of hydrogen-bond donors (Lipinski definition) is 0. The first-order valence-electron chi connectivity index (χ1n) is 10.2. The Morgan fingerprint density at radius 1 is 0.933 bits per heavy atom. The molecule has 3 heterocycles. The molecule has 30 heavy (non-hydrogen) atoms. The first kappa shape index (κ1) is 19.5. The topological polar surface area (TPSA) is 32.3 Å². The minimum Gasteiger partial charge on any atom is -0.353 e. The quantitative estimate of drug-likeness (QED) is 0.416. The predicted molar refractivity (Wildman–Crippen MR) is 127 cm³/mol. The molecule has 1 aliphatic heterocycles. The van der Waals surface area contributed by atoms with Crippen molar-refractivity contribution in [1.29, 1.82) is 0 Å². The zero-order chi connectivity index (χ0) is 20.5. The van der Waals surface area contributed by atoms with Crippen LogP contribution in [-0.2, 0) is 6.54 Å². The number of nitrogens with zero attached hydrogens (tertiary/aromatic N) is 4. The number of piperazine rings is 1. The van der Waals surface area contributed by atoms with Gasteiger partial charge in [0.15, 0.2) is 5.82 Å². The number of aryl methyl sites for hydroxylation is 1. The van der Waals surface area contributed by atoms with Crippen molar-refractivity contribution in [3.63, 3.8) is 0 Å².